The number of amides is 1. The van der Waals surface area contributed by atoms with Gasteiger partial charge in [0, 0.05) is 0 Å². The Kier molecular flexibility index (Phi) is 4.95. The van der Waals surface area contributed by atoms with Gasteiger partial charge in [0.25, 0.3) is 5.91 Å². The molecule has 0 unspecified atom stereocenters. The fraction of sp³-hybridized carbons (Fsp3) is 0.467. The molecule has 19 heavy (non-hydrogen) atoms. The van der Waals surface area contributed by atoms with Crippen LogP contribution in [0.2, 0.25) is 0 Å². The van der Waals surface area contributed by atoms with Crippen LogP contribution in [0.4, 0.5) is 0 Å². The second-order valence-electron chi connectivity index (χ2n) is 4.94. The predicted molar refractivity (Wildman–Crippen MR) is 71.0 cm³/mol. The number of hydrogen-bond donors (Lipinski definition) is 1. The normalized spacial score (nSPS) is 15.8. The summed E-state index contributed by atoms with van der Waals surface area (Å²) in [6, 6.07) is 9.36. The maximum absolute atomic E-state index is 11.7. The summed E-state index contributed by atoms with van der Waals surface area (Å²) in [6.07, 6.45) is 5.28. The molecule has 1 saturated carbocycles. The molecule has 1 aromatic rings. The maximum Gasteiger partial charge on any atom is 0.335 e. The van der Waals surface area contributed by atoms with Gasteiger partial charge < -0.3 is 4.84 Å². The van der Waals surface area contributed by atoms with E-state index in [0.717, 1.165) is 31.2 Å². The molecule has 4 heteroatoms. The van der Waals surface area contributed by atoms with Crippen molar-refractivity contribution in [2.45, 2.75) is 38.5 Å². The molecule has 0 saturated heterocycles. The van der Waals surface area contributed by atoms with Crippen LogP contribution in [0.5, 0.6) is 0 Å². The van der Waals surface area contributed by atoms with Gasteiger partial charge in [-0.05, 0) is 18.4 Å². The molecule has 1 fully saturated rings. The average Bonchev–Trinajstić information content (AvgIpc) is 2.47. The Balaban J connectivity index is 1.72. The van der Waals surface area contributed by atoms with E-state index in [2.05, 4.69) is 5.48 Å². The second-order valence-corrected chi connectivity index (χ2v) is 4.94. The molecule has 0 radical (unpaired) electrons. The zero-order valence-electron chi connectivity index (χ0n) is 10.9. The molecule has 1 amide bonds. The van der Waals surface area contributed by atoms with Gasteiger partial charge in [-0.2, -0.15) is 5.48 Å². The number of hydrogen-bond acceptors (Lipinski definition) is 3. The van der Waals surface area contributed by atoms with Crippen LogP contribution >= 0.6 is 0 Å². The highest BCUT2D eigenvalue weighted by atomic mass is 16.7. The summed E-state index contributed by atoms with van der Waals surface area (Å²) in [4.78, 5) is 28.2. The lowest BCUT2D eigenvalue weighted by molar-refractivity contribution is -0.163. The zero-order chi connectivity index (χ0) is 13.5. The molecule has 102 valence electrons. The molecular formula is C15H19NO3. The van der Waals surface area contributed by atoms with E-state index in [9.17, 15) is 9.59 Å². The highest BCUT2D eigenvalue weighted by Crippen LogP contribution is 2.24. The van der Waals surface area contributed by atoms with Gasteiger partial charge >= 0.3 is 5.97 Å². The van der Waals surface area contributed by atoms with E-state index in [1.807, 2.05) is 30.3 Å². The Bertz CT molecular complexity index is 424. The molecule has 1 aliphatic rings. The summed E-state index contributed by atoms with van der Waals surface area (Å²) in [5.41, 5.74) is 3.14. The summed E-state index contributed by atoms with van der Waals surface area (Å²) >= 11 is 0. The fourth-order valence-corrected chi connectivity index (χ4v) is 2.35. The minimum atomic E-state index is -0.305. The first-order valence-electron chi connectivity index (χ1n) is 6.79. The van der Waals surface area contributed by atoms with Crippen LogP contribution in [0.1, 0.15) is 37.7 Å². The molecule has 0 atom stereocenters. The van der Waals surface area contributed by atoms with Gasteiger partial charge in [0.1, 0.15) is 0 Å². The van der Waals surface area contributed by atoms with Gasteiger partial charge in [0.05, 0.1) is 12.3 Å². The minimum absolute atomic E-state index is 0.0502. The molecule has 0 aliphatic heterocycles. The third-order valence-corrected chi connectivity index (χ3v) is 3.41. The van der Waals surface area contributed by atoms with Gasteiger partial charge in [-0.1, -0.05) is 49.6 Å². The van der Waals surface area contributed by atoms with Gasteiger partial charge in [-0.15, -0.1) is 0 Å². The molecule has 0 aromatic heterocycles. The van der Waals surface area contributed by atoms with Crippen molar-refractivity contribution in [3.05, 3.63) is 35.9 Å². The van der Waals surface area contributed by atoms with Gasteiger partial charge in [0.15, 0.2) is 0 Å². The molecule has 0 spiro atoms. The van der Waals surface area contributed by atoms with E-state index in [1.54, 1.807) is 0 Å². The van der Waals surface area contributed by atoms with Crippen molar-refractivity contribution in [2.24, 2.45) is 5.92 Å². The molecule has 2 rings (SSSR count). The van der Waals surface area contributed by atoms with Crippen molar-refractivity contribution in [1.82, 2.24) is 5.48 Å². The van der Waals surface area contributed by atoms with Crippen molar-refractivity contribution in [3.63, 3.8) is 0 Å². The molecule has 4 nitrogen and oxygen atoms in total. The predicted octanol–water partition coefficient (Wildman–Crippen LogP) is 2.38. The van der Waals surface area contributed by atoms with E-state index < -0.39 is 0 Å². The third-order valence-electron chi connectivity index (χ3n) is 3.41. The lowest BCUT2D eigenvalue weighted by Gasteiger charge is -2.19. The van der Waals surface area contributed by atoms with Gasteiger partial charge in [-0.3, -0.25) is 4.79 Å². The second kappa shape index (κ2) is 6.92. The largest absolute Gasteiger partial charge is 0.340 e. The maximum atomic E-state index is 11.7. The van der Waals surface area contributed by atoms with Crippen molar-refractivity contribution < 1.29 is 14.4 Å². The van der Waals surface area contributed by atoms with Gasteiger partial charge in [0.2, 0.25) is 0 Å². The van der Waals surface area contributed by atoms with Crippen LogP contribution in [0.3, 0.4) is 0 Å². The van der Waals surface area contributed by atoms with E-state index in [-0.39, 0.29) is 24.2 Å². The summed E-state index contributed by atoms with van der Waals surface area (Å²) < 4.78 is 0. The van der Waals surface area contributed by atoms with Crippen LogP contribution in [-0.4, -0.2) is 11.9 Å². The fourth-order valence-electron chi connectivity index (χ4n) is 2.35. The molecule has 0 heterocycles. The van der Waals surface area contributed by atoms with Crippen molar-refractivity contribution in [2.75, 3.05) is 0 Å². The lowest BCUT2D eigenvalue weighted by Crippen LogP contribution is -2.32. The first-order chi connectivity index (χ1) is 9.25. The van der Waals surface area contributed by atoms with Crippen LogP contribution in [0, 0.1) is 5.92 Å². The number of benzene rings is 1. The number of nitrogens with one attached hydrogen (secondary N) is 1. The van der Waals surface area contributed by atoms with Crippen molar-refractivity contribution >= 4 is 11.9 Å². The number of rotatable bonds is 3. The summed E-state index contributed by atoms with van der Waals surface area (Å²) in [7, 11) is 0. The lowest BCUT2D eigenvalue weighted by atomic mass is 9.89. The quantitative estimate of drug-likeness (QED) is 0.850. The first-order valence-corrected chi connectivity index (χ1v) is 6.79. The molecule has 1 aliphatic carbocycles. The molecule has 1 N–H and O–H groups in total. The standard InChI is InChI=1S/C15H19NO3/c17-14(11-12-7-3-1-4-8-12)16-19-15(18)13-9-5-2-6-10-13/h1,3-4,7-8,13H,2,5-6,9-11H2,(H,16,17). The van der Waals surface area contributed by atoms with Crippen LogP contribution in [0.15, 0.2) is 30.3 Å². The Labute approximate surface area is 113 Å². The third kappa shape index (κ3) is 4.39. The summed E-state index contributed by atoms with van der Waals surface area (Å²) in [5.74, 6) is -0.651. The highest BCUT2D eigenvalue weighted by molar-refractivity contribution is 5.80. The van der Waals surface area contributed by atoms with E-state index in [1.165, 1.54) is 6.42 Å². The van der Waals surface area contributed by atoms with Crippen molar-refractivity contribution in [3.8, 4) is 0 Å². The monoisotopic (exact) mass is 261 g/mol. The first kappa shape index (κ1) is 13.6. The van der Waals surface area contributed by atoms with E-state index in [0.29, 0.717) is 0 Å². The number of carbonyl (C=O) groups is 2. The number of hydroxylamine groups is 1. The van der Waals surface area contributed by atoms with E-state index >= 15 is 0 Å². The van der Waals surface area contributed by atoms with Crippen LogP contribution in [0.25, 0.3) is 0 Å². The highest BCUT2D eigenvalue weighted by Gasteiger charge is 2.23. The molecule has 1 aromatic carbocycles. The average molecular weight is 261 g/mol. The van der Waals surface area contributed by atoms with Crippen molar-refractivity contribution in [1.29, 1.82) is 0 Å². The Hall–Kier alpha value is -1.84. The van der Waals surface area contributed by atoms with Crippen LogP contribution in [-0.2, 0) is 20.8 Å². The molecular weight excluding hydrogens is 242 g/mol. The van der Waals surface area contributed by atoms with E-state index in [4.69, 9.17) is 4.84 Å². The zero-order valence-corrected chi connectivity index (χ0v) is 10.9. The topological polar surface area (TPSA) is 55.4 Å². The Morgan fingerprint density at radius 1 is 1.11 bits per heavy atom. The minimum Gasteiger partial charge on any atom is -0.340 e. The SMILES string of the molecule is O=C(Cc1ccccc1)NOC(=O)C1CCCCC1. The summed E-state index contributed by atoms with van der Waals surface area (Å²) in [6.45, 7) is 0. The number of carbonyl (C=O) groups excluding carboxylic acids is 2. The molecule has 0 bridgehead atoms. The Morgan fingerprint density at radius 2 is 1.79 bits per heavy atom. The summed E-state index contributed by atoms with van der Waals surface area (Å²) in [5, 5.41) is 0. The van der Waals surface area contributed by atoms with Gasteiger partial charge in [-0.25, -0.2) is 4.79 Å². The van der Waals surface area contributed by atoms with Crippen LogP contribution < -0.4 is 5.48 Å². The smallest absolute Gasteiger partial charge is 0.335 e. The Morgan fingerprint density at radius 3 is 2.47 bits per heavy atom.